The second-order valence-corrected chi connectivity index (χ2v) is 30.8. The van der Waals surface area contributed by atoms with Crippen LogP contribution >= 0.6 is 15.6 Å². The van der Waals surface area contributed by atoms with Crippen molar-refractivity contribution in [2.45, 2.75) is 419 Å². The zero-order valence-electron chi connectivity index (χ0n) is 61.8. The van der Waals surface area contributed by atoms with E-state index in [-0.39, 0.29) is 25.7 Å². The fraction of sp³-hybridized carbons (Fsp3) is 0.947. The van der Waals surface area contributed by atoms with E-state index in [9.17, 15) is 43.2 Å². The highest BCUT2D eigenvalue weighted by Gasteiger charge is 2.30. The number of ether oxygens (including phenoxy) is 4. The normalized spacial score (nSPS) is 13.9. The van der Waals surface area contributed by atoms with Gasteiger partial charge in [0.15, 0.2) is 12.2 Å². The van der Waals surface area contributed by atoms with Gasteiger partial charge in [-0.25, -0.2) is 9.13 Å². The number of aliphatic hydroxyl groups is 1. The Morgan fingerprint density at radius 2 is 0.484 bits per heavy atom. The molecule has 3 N–H and O–H groups in total. The van der Waals surface area contributed by atoms with Crippen LogP contribution in [0.25, 0.3) is 0 Å². The molecule has 95 heavy (non-hydrogen) atoms. The second-order valence-electron chi connectivity index (χ2n) is 27.9. The molecular formula is C76H148O17P2. The molecule has 0 aliphatic rings. The third kappa shape index (κ3) is 70.3. The highest BCUT2D eigenvalue weighted by molar-refractivity contribution is 7.47. The van der Waals surface area contributed by atoms with Gasteiger partial charge in [-0.3, -0.25) is 37.3 Å². The van der Waals surface area contributed by atoms with Crippen LogP contribution in [0, 0.1) is 5.92 Å². The molecule has 0 amide bonds. The summed E-state index contributed by atoms with van der Waals surface area (Å²) in [4.78, 5) is 72.7. The second kappa shape index (κ2) is 69.2. The monoisotopic (exact) mass is 1400 g/mol. The van der Waals surface area contributed by atoms with Crippen LogP contribution in [0.3, 0.4) is 0 Å². The van der Waals surface area contributed by atoms with E-state index in [1.807, 2.05) is 0 Å². The van der Waals surface area contributed by atoms with Gasteiger partial charge in [0.05, 0.1) is 26.4 Å². The predicted octanol–water partition coefficient (Wildman–Crippen LogP) is 22.5. The van der Waals surface area contributed by atoms with Crippen molar-refractivity contribution in [2.75, 3.05) is 39.6 Å². The van der Waals surface area contributed by atoms with Crippen LogP contribution in [-0.4, -0.2) is 96.7 Å². The molecule has 2 unspecified atom stereocenters. The Morgan fingerprint density at radius 1 is 0.284 bits per heavy atom. The minimum Gasteiger partial charge on any atom is -0.462 e. The van der Waals surface area contributed by atoms with Gasteiger partial charge in [-0.2, -0.15) is 0 Å². The summed E-state index contributed by atoms with van der Waals surface area (Å²) in [5, 5.41) is 10.6. The van der Waals surface area contributed by atoms with Crippen molar-refractivity contribution in [1.29, 1.82) is 0 Å². The first-order valence-electron chi connectivity index (χ1n) is 39.6. The van der Waals surface area contributed by atoms with Gasteiger partial charge < -0.3 is 33.8 Å². The lowest BCUT2D eigenvalue weighted by molar-refractivity contribution is -0.161. The van der Waals surface area contributed by atoms with Gasteiger partial charge in [-0.05, 0) is 31.6 Å². The number of carbonyl (C=O) groups is 4. The Bertz CT molecular complexity index is 1820. The first kappa shape index (κ1) is 93.1. The molecule has 564 valence electrons. The predicted molar refractivity (Wildman–Crippen MR) is 386 cm³/mol. The van der Waals surface area contributed by atoms with Crippen molar-refractivity contribution in [2.24, 2.45) is 5.92 Å². The molecule has 0 aliphatic heterocycles. The highest BCUT2D eigenvalue weighted by Crippen LogP contribution is 2.45. The van der Waals surface area contributed by atoms with Crippen molar-refractivity contribution in [3.63, 3.8) is 0 Å². The summed E-state index contributed by atoms with van der Waals surface area (Å²) in [5.41, 5.74) is 0. The number of phosphoric acid groups is 2. The summed E-state index contributed by atoms with van der Waals surface area (Å²) in [5.74, 6) is -1.40. The zero-order valence-corrected chi connectivity index (χ0v) is 63.6. The fourth-order valence-corrected chi connectivity index (χ4v) is 13.3. The molecule has 0 spiro atoms. The molecule has 0 heterocycles. The van der Waals surface area contributed by atoms with Gasteiger partial charge in [-0.15, -0.1) is 0 Å². The molecule has 0 saturated carbocycles. The van der Waals surface area contributed by atoms with E-state index < -0.39 is 97.5 Å². The molecule has 0 fully saturated rings. The van der Waals surface area contributed by atoms with Crippen molar-refractivity contribution in [3.8, 4) is 0 Å². The Hall–Kier alpha value is -1.94. The van der Waals surface area contributed by atoms with Crippen molar-refractivity contribution >= 4 is 39.5 Å². The number of carbonyl (C=O) groups excluding carboxylic acids is 4. The summed E-state index contributed by atoms with van der Waals surface area (Å²) in [6.07, 6.45) is 58.5. The van der Waals surface area contributed by atoms with E-state index in [2.05, 4.69) is 34.6 Å². The van der Waals surface area contributed by atoms with Gasteiger partial charge in [0.1, 0.15) is 19.3 Å². The van der Waals surface area contributed by atoms with Crippen LogP contribution in [0.1, 0.15) is 401 Å². The van der Waals surface area contributed by atoms with E-state index in [4.69, 9.17) is 37.0 Å². The van der Waals surface area contributed by atoms with Crippen LogP contribution < -0.4 is 0 Å². The molecule has 0 aromatic heterocycles. The van der Waals surface area contributed by atoms with Gasteiger partial charge >= 0.3 is 39.5 Å². The third-order valence-corrected chi connectivity index (χ3v) is 19.7. The smallest absolute Gasteiger partial charge is 0.462 e. The Labute approximate surface area is 581 Å². The lowest BCUT2D eigenvalue weighted by Gasteiger charge is -2.21. The van der Waals surface area contributed by atoms with Gasteiger partial charge in [0.25, 0.3) is 0 Å². The molecule has 0 radical (unpaired) electrons. The average molecular weight is 1400 g/mol. The molecule has 0 saturated heterocycles. The number of hydrogen-bond donors (Lipinski definition) is 3. The number of phosphoric ester groups is 2. The molecular weight excluding hydrogens is 1250 g/mol. The zero-order chi connectivity index (χ0) is 69.8. The van der Waals surface area contributed by atoms with Crippen molar-refractivity contribution in [1.82, 2.24) is 0 Å². The first-order valence-corrected chi connectivity index (χ1v) is 42.6. The molecule has 0 aromatic carbocycles. The number of rotatable bonds is 76. The van der Waals surface area contributed by atoms with Crippen LogP contribution in [0.2, 0.25) is 0 Å². The van der Waals surface area contributed by atoms with Gasteiger partial charge in [0, 0.05) is 25.7 Å². The minimum absolute atomic E-state index is 0.105. The lowest BCUT2D eigenvalue weighted by Crippen LogP contribution is -2.30. The van der Waals surface area contributed by atoms with E-state index in [0.29, 0.717) is 25.7 Å². The standard InChI is InChI=1S/C76H148O17P2/c1-6-9-12-15-18-21-23-25-27-29-30-32-34-36-38-40-46-51-56-61-75(80)92-72(66-87-74(79)60-55-50-45-39-37-35-33-31-28-26-24-22-19-16-13-10-7-2)68-91-95(84,85)89-64-70(77)63-88-94(82,83)90-67-71(65-86-73(78)59-54-49-44-20-17-14-11-8-3)93-76(81)62-57-52-47-42-41-43-48-53-58-69(4)5/h69-72,77H,6-68H2,1-5H3,(H,82,83)(H,84,85)/t70-,71+,72+/m0/s1. The molecule has 5 atom stereocenters. The minimum atomic E-state index is -4.96. The first-order chi connectivity index (χ1) is 46.0. The number of hydrogen-bond acceptors (Lipinski definition) is 15. The molecule has 0 bridgehead atoms. The lowest BCUT2D eigenvalue weighted by atomic mass is 10.0. The Balaban J connectivity index is 5.19. The third-order valence-electron chi connectivity index (χ3n) is 17.8. The van der Waals surface area contributed by atoms with Crippen molar-refractivity contribution in [3.05, 3.63) is 0 Å². The number of aliphatic hydroxyl groups excluding tert-OH is 1. The number of unbranched alkanes of at least 4 members (excludes halogenated alkanes) is 48. The number of esters is 4. The van der Waals surface area contributed by atoms with E-state index in [0.717, 1.165) is 102 Å². The maximum Gasteiger partial charge on any atom is 0.472 e. The molecule has 0 rings (SSSR count). The van der Waals surface area contributed by atoms with Gasteiger partial charge in [-0.1, -0.05) is 349 Å². The summed E-state index contributed by atoms with van der Waals surface area (Å²) >= 11 is 0. The fourth-order valence-electron chi connectivity index (χ4n) is 11.7. The van der Waals surface area contributed by atoms with Crippen LogP contribution in [-0.2, 0) is 65.4 Å². The molecule has 19 heteroatoms. The maximum atomic E-state index is 13.1. The SMILES string of the molecule is CCCCCCCCCCCCCCCCCCCCCC(=O)O[C@H](COC(=O)CCCCCCCCCCCCCCCCCCC)COP(=O)(O)OC[C@@H](O)COP(=O)(O)OC[C@@H](COC(=O)CCCCCCCCCC)OC(=O)CCCCCCCCCCC(C)C. The summed E-state index contributed by atoms with van der Waals surface area (Å²) < 4.78 is 68.4. The summed E-state index contributed by atoms with van der Waals surface area (Å²) in [6.45, 7) is 7.22. The molecule has 17 nitrogen and oxygen atoms in total. The van der Waals surface area contributed by atoms with Gasteiger partial charge in [0.2, 0.25) is 0 Å². The molecule has 0 aromatic rings. The van der Waals surface area contributed by atoms with Crippen LogP contribution in [0.15, 0.2) is 0 Å². The van der Waals surface area contributed by atoms with E-state index in [1.54, 1.807) is 0 Å². The maximum absolute atomic E-state index is 13.1. The van der Waals surface area contributed by atoms with Crippen LogP contribution in [0.4, 0.5) is 0 Å². The Morgan fingerprint density at radius 3 is 0.716 bits per heavy atom. The Kier molecular flexibility index (Phi) is 67.7. The van der Waals surface area contributed by atoms with E-state index >= 15 is 0 Å². The van der Waals surface area contributed by atoms with Crippen LogP contribution in [0.5, 0.6) is 0 Å². The average Bonchev–Trinajstić information content (AvgIpc) is 1.27. The topological polar surface area (TPSA) is 237 Å². The summed E-state index contributed by atoms with van der Waals surface area (Å²) in [6, 6.07) is 0. The van der Waals surface area contributed by atoms with Crippen molar-refractivity contribution < 1.29 is 80.2 Å². The van der Waals surface area contributed by atoms with E-state index in [1.165, 1.54) is 218 Å². The highest BCUT2D eigenvalue weighted by atomic mass is 31.2. The molecule has 0 aliphatic carbocycles. The quantitative estimate of drug-likeness (QED) is 0.0222. The largest absolute Gasteiger partial charge is 0.472 e. The summed E-state index contributed by atoms with van der Waals surface area (Å²) in [7, 11) is -9.91.